The predicted molar refractivity (Wildman–Crippen MR) is 103 cm³/mol. The zero-order valence-electron chi connectivity index (χ0n) is 15.6. The van der Waals surface area contributed by atoms with E-state index < -0.39 is 0 Å². The van der Waals surface area contributed by atoms with Gasteiger partial charge < -0.3 is 14.5 Å². The highest BCUT2D eigenvalue weighted by Gasteiger charge is 2.46. The lowest BCUT2D eigenvalue weighted by atomic mass is 10.0. The summed E-state index contributed by atoms with van der Waals surface area (Å²) >= 11 is 0. The first-order valence-electron chi connectivity index (χ1n) is 9.56. The maximum atomic E-state index is 12.3. The lowest BCUT2D eigenvalue weighted by Crippen LogP contribution is -2.30. The van der Waals surface area contributed by atoms with Crippen LogP contribution in [0, 0.1) is 17.2 Å². The van der Waals surface area contributed by atoms with Crippen LogP contribution in [0.25, 0.3) is 22.8 Å². The van der Waals surface area contributed by atoms with E-state index in [-0.39, 0.29) is 24.5 Å². The van der Waals surface area contributed by atoms with Crippen LogP contribution in [0.3, 0.4) is 0 Å². The minimum atomic E-state index is -0.0417. The van der Waals surface area contributed by atoms with Gasteiger partial charge in [0.05, 0.1) is 24.3 Å². The molecule has 0 saturated carbocycles. The van der Waals surface area contributed by atoms with Crippen molar-refractivity contribution in [3.8, 4) is 28.9 Å². The number of rotatable bonds is 4. The van der Waals surface area contributed by atoms with Gasteiger partial charge in [-0.2, -0.15) is 10.2 Å². The van der Waals surface area contributed by atoms with Gasteiger partial charge >= 0.3 is 0 Å². The van der Waals surface area contributed by atoms with Crippen molar-refractivity contribution in [3.63, 3.8) is 0 Å². The molecule has 7 nitrogen and oxygen atoms in total. The number of aliphatic hydroxyl groups excluding tert-OH is 1. The van der Waals surface area contributed by atoms with E-state index in [9.17, 15) is 9.90 Å². The second-order valence-electron chi connectivity index (χ2n) is 7.41. The number of hydrogen-bond donors (Lipinski definition) is 1. The zero-order chi connectivity index (χ0) is 20.0. The van der Waals surface area contributed by atoms with Crippen molar-refractivity contribution in [2.24, 2.45) is 5.92 Å². The number of aliphatic hydroxyl groups is 1. The number of nitrogens with zero attached hydrogens (tertiary/aromatic N) is 4. The summed E-state index contributed by atoms with van der Waals surface area (Å²) in [5.74, 6) is 1.18. The van der Waals surface area contributed by atoms with Gasteiger partial charge in [-0.25, -0.2) is 0 Å². The summed E-state index contributed by atoms with van der Waals surface area (Å²) in [4.78, 5) is 18.7. The van der Waals surface area contributed by atoms with Gasteiger partial charge in [-0.1, -0.05) is 29.4 Å². The highest BCUT2D eigenvalue weighted by atomic mass is 16.5. The number of amides is 1. The van der Waals surface area contributed by atoms with E-state index in [2.05, 4.69) is 16.2 Å². The van der Waals surface area contributed by atoms with Crippen LogP contribution in [0.15, 0.2) is 47.0 Å². The lowest BCUT2D eigenvalue weighted by molar-refractivity contribution is -0.129. The topological polar surface area (TPSA) is 103 Å². The highest BCUT2D eigenvalue weighted by molar-refractivity contribution is 5.81. The first kappa shape index (κ1) is 17.6. The summed E-state index contributed by atoms with van der Waals surface area (Å²) in [6.45, 7) is 0.311. The Morgan fingerprint density at radius 2 is 2.10 bits per heavy atom. The molecule has 1 amide bonds. The standard InChI is InChI=1S/C22H18N4O3/c23-12-13-3-1-4-14(9-13)22-24-21(25-29-22)17-6-2-5-16-18(17)10-15-11-19(28)26(7-8-27)20(15)16/h1-6,9,15,20,27H,7-8,10-11H2/t15-,20+/m0/s1. The number of carbonyl (C=O) groups excluding carboxylic acids is 1. The summed E-state index contributed by atoms with van der Waals surface area (Å²) in [5, 5.41) is 22.6. The normalized spacial score (nSPS) is 19.9. The minimum absolute atomic E-state index is 0.00304. The molecule has 7 heteroatoms. The van der Waals surface area contributed by atoms with Crippen LogP contribution in [0.5, 0.6) is 0 Å². The molecule has 1 aliphatic heterocycles. The van der Waals surface area contributed by atoms with Crippen LogP contribution >= 0.6 is 0 Å². The largest absolute Gasteiger partial charge is 0.395 e. The fourth-order valence-electron chi connectivity index (χ4n) is 4.59. The van der Waals surface area contributed by atoms with Gasteiger partial charge in [0.15, 0.2) is 0 Å². The third-order valence-electron chi connectivity index (χ3n) is 5.78. The Labute approximate surface area is 167 Å². The molecule has 0 spiro atoms. The Kier molecular flexibility index (Phi) is 4.14. The summed E-state index contributed by atoms with van der Waals surface area (Å²) in [6.07, 6.45) is 1.27. The average Bonchev–Trinajstić information content (AvgIpc) is 3.43. The van der Waals surface area contributed by atoms with E-state index in [1.165, 1.54) is 0 Å². The predicted octanol–water partition coefficient (Wildman–Crippen LogP) is 2.71. The number of nitriles is 1. The first-order valence-corrected chi connectivity index (χ1v) is 9.56. The molecule has 0 bridgehead atoms. The third kappa shape index (κ3) is 2.80. The van der Waals surface area contributed by atoms with Gasteiger partial charge in [0.1, 0.15) is 0 Å². The molecule has 29 heavy (non-hydrogen) atoms. The fourth-order valence-corrected chi connectivity index (χ4v) is 4.59. The summed E-state index contributed by atoms with van der Waals surface area (Å²) in [6, 6.07) is 15.1. The second-order valence-corrected chi connectivity index (χ2v) is 7.41. The van der Waals surface area contributed by atoms with Gasteiger partial charge in [-0.05, 0) is 41.7 Å². The smallest absolute Gasteiger partial charge is 0.258 e. The van der Waals surface area contributed by atoms with Crippen molar-refractivity contribution in [3.05, 3.63) is 59.2 Å². The Balaban J connectivity index is 1.52. The van der Waals surface area contributed by atoms with Crippen molar-refractivity contribution in [2.45, 2.75) is 18.9 Å². The molecule has 0 unspecified atom stereocenters. The van der Waals surface area contributed by atoms with Gasteiger partial charge in [0.2, 0.25) is 11.7 Å². The number of fused-ring (bicyclic) bond motifs is 3. The van der Waals surface area contributed by atoms with Gasteiger partial charge in [-0.15, -0.1) is 0 Å². The average molecular weight is 386 g/mol. The van der Waals surface area contributed by atoms with Gasteiger partial charge in [0, 0.05) is 24.1 Å². The molecule has 1 N–H and O–H groups in total. The quantitative estimate of drug-likeness (QED) is 0.739. The molecule has 2 atom stereocenters. The van der Waals surface area contributed by atoms with E-state index in [4.69, 9.17) is 9.78 Å². The van der Waals surface area contributed by atoms with Crippen LogP contribution in [0.2, 0.25) is 0 Å². The van der Waals surface area contributed by atoms with E-state index in [0.717, 1.165) is 23.1 Å². The van der Waals surface area contributed by atoms with Crippen LogP contribution in [0.1, 0.15) is 29.2 Å². The summed E-state index contributed by atoms with van der Waals surface area (Å²) in [5.41, 5.74) is 4.37. The molecule has 2 aromatic carbocycles. The van der Waals surface area contributed by atoms with Crippen molar-refractivity contribution >= 4 is 5.91 Å². The van der Waals surface area contributed by atoms with Crippen LogP contribution < -0.4 is 0 Å². The highest BCUT2D eigenvalue weighted by Crippen LogP contribution is 2.49. The molecule has 144 valence electrons. The second kappa shape index (κ2) is 6.83. The maximum Gasteiger partial charge on any atom is 0.258 e. The van der Waals surface area contributed by atoms with Crippen molar-refractivity contribution < 1.29 is 14.4 Å². The molecular weight excluding hydrogens is 368 g/mol. The molecule has 1 aliphatic carbocycles. The number of carbonyl (C=O) groups is 1. The molecule has 2 heterocycles. The minimum Gasteiger partial charge on any atom is -0.395 e. The Morgan fingerprint density at radius 1 is 1.24 bits per heavy atom. The number of likely N-dealkylation sites (tertiary alicyclic amines) is 1. The van der Waals surface area contributed by atoms with E-state index in [0.29, 0.717) is 35.8 Å². The monoisotopic (exact) mass is 386 g/mol. The summed E-state index contributed by atoms with van der Waals surface area (Å²) in [7, 11) is 0. The van der Waals surface area contributed by atoms with E-state index >= 15 is 0 Å². The molecular formula is C22H18N4O3. The first-order chi connectivity index (χ1) is 14.2. The Hall–Kier alpha value is -3.50. The van der Waals surface area contributed by atoms with Crippen molar-refractivity contribution in [1.82, 2.24) is 15.0 Å². The Morgan fingerprint density at radius 3 is 2.93 bits per heavy atom. The lowest BCUT2D eigenvalue weighted by Gasteiger charge is -2.24. The number of hydrogen-bond acceptors (Lipinski definition) is 6. The number of aromatic nitrogens is 2. The molecule has 1 fully saturated rings. The number of β-amino-alcohol motifs (C(OH)–C–C–N with tert-alkyl or cyclic N) is 1. The third-order valence-corrected chi connectivity index (χ3v) is 5.78. The molecule has 1 saturated heterocycles. The fraction of sp³-hybridized carbons (Fsp3) is 0.273. The molecule has 3 aromatic rings. The van der Waals surface area contributed by atoms with Gasteiger partial charge in [0.25, 0.3) is 5.89 Å². The molecule has 0 radical (unpaired) electrons. The van der Waals surface area contributed by atoms with Crippen LogP contribution in [0.4, 0.5) is 0 Å². The van der Waals surface area contributed by atoms with Crippen LogP contribution in [-0.4, -0.2) is 39.2 Å². The Bertz CT molecular complexity index is 1150. The molecule has 5 rings (SSSR count). The summed E-state index contributed by atoms with van der Waals surface area (Å²) < 4.78 is 5.47. The van der Waals surface area contributed by atoms with Crippen LogP contribution in [-0.2, 0) is 11.2 Å². The molecule has 1 aromatic heterocycles. The van der Waals surface area contributed by atoms with Gasteiger partial charge in [-0.3, -0.25) is 4.79 Å². The maximum absolute atomic E-state index is 12.3. The number of benzene rings is 2. The van der Waals surface area contributed by atoms with E-state index in [1.807, 2.05) is 24.3 Å². The SMILES string of the molecule is N#Cc1cccc(-c2nc(-c3cccc4c3C[C@H]3CC(=O)N(CCO)[C@@H]43)no2)c1. The van der Waals surface area contributed by atoms with Crippen molar-refractivity contribution in [2.75, 3.05) is 13.2 Å². The zero-order valence-corrected chi connectivity index (χ0v) is 15.6. The van der Waals surface area contributed by atoms with E-state index in [1.54, 1.807) is 23.1 Å². The van der Waals surface area contributed by atoms with Crippen molar-refractivity contribution in [1.29, 1.82) is 5.26 Å². The molecule has 2 aliphatic rings.